The molecule has 1 fully saturated rings. The fraction of sp³-hybridized carbons (Fsp3) is 0.364. The second kappa shape index (κ2) is 8.53. The van der Waals surface area contributed by atoms with E-state index in [1.807, 2.05) is 24.3 Å². The first-order chi connectivity index (χ1) is 14.2. The van der Waals surface area contributed by atoms with Gasteiger partial charge in [0.15, 0.2) is 11.5 Å². The summed E-state index contributed by atoms with van der Waals surface area (Å²) in [6.07, 6.45) is 1.45. The highest BCUT2D eigenvalue weighted by Gasteiger charge is 2.35. The molecule has 7 nitrogen and oxygen atoms in total. The Kier molecular flexibility index (Phi) is 5.67. The normalized spacial score (nSPS) is 17.4. The van der Waals surface area contributed by atoms with Crippen molar-refractivity contribution in [1.82, 2.24) is 10.2 Å². The van der Waals surface area contributed by atoms with Crippen LogP contribution in [0.15, 0.2) is 42.5 Å². The number of hydrogen-bond acceptors (Lipinski definition) is 5. The third-order valence-corrected chi connectivity index (χ3v) is 5.21. The van der Waals surface area contributed by atoms with Crippen molar-refractivity contribution in [1.29, 1.82) is 0 Å². The van der Waals surface area contributed by atoms with Crippen LogP contribution in [0.4, 0.5) is 5.69 Å². The van der Waals surface area contributed by atoms with E-state index < -0.39 is 6.04 Å². The molecule has 1 unspecified atom stereocenters. The zero-order valence-corrected chi connectivity index (χ0v) is 16.4. The average Bonchev–Trinajstić information content (AvgIpc) is 3.40. The molecule has 0 spiro atoms. The number of carbonyl (C=O) groups is 2. The standard InChI is InChI=1S/C22H25N3O4/c1-2-23-13-15-5-3-6-17(11-15)24-21(26)18-7-4-10-25(18)22(27)16-8-9-19-20(12-16)29-14-28-19/h3,5-6,8-9,11-12,18,23H,2,4,7,10,13-14H2,1H3,(H,24,26). The Morgan fingerprint density at radius 2 is 2.00 bits per heavy atom. The van der Waals surface area contributed by atoms with Gasteiger partial charge in [0, 0.05) is 24.3 Å². The second-order valence-electron chi connectivity index (χ2n) is 7.19. The SMILES string of the molecule is CCNCc1cccc(NC(=O)C2CCCN2C(=O)c2ccc3c(c2)OCO3)c1. The number of rotatable bonds is 6. The Morgan fingerprint density at radius 1 is 1.14 bits per heavy atom. The van der Waals surface area contributed by atoms with Crippen LogP contribution in [-0.4, -0.2) is 42.6 Å². The molecule has 152 valence electrons. The van der Waals surface area contributed by atoms with Crippen molar-refractivity contribution < 1.29 is 19.1 Å². The maximum atomic E-state index is 13.0. The highest BCUT2D eigenvalue weighted by Crippen LogP contribution is 2.33. The molecule has 7 heteroatoms. The Labute approximate surface area is 170 Å². The lowest BCUT2D eigenvalue weighted by Crippen LogP contribution is -2.43. The van der Waals surface area contributed by atoms with Crippen molar-refractivity contribution in [3.05, 3.63) is 53.6 Å². The summed E-state index contributed by atoms with van der Waals surface area (Å²) in [5.41, 5.74) is 2.35. The van der Waals surface area contributed by atoms with Crippen LogP contribution in [0.3, 0.4) is 0 Å². The van der Waals surface area contributed by atoms with E-state index in [1.165, 1.54) is 0 Å². The zero-order valence-electron chi connectivity index (χ0n) is 16.4. The van der Waals surface area contributed by atoms with Crippen molar-refractivity contribution in [3.8, 4) is 11.5 Å². The number of amides is 2. The molecule has 29 heavy (non-hydrogen) atoms. The van der Waals surface area contributed by atoms with E-state index in [4.69, 9.17) is 9.47 Å². The summed E-state index contributed by atoms with van der Waals surface area (Å²) in [6, 6.07) is 12.4. The van der Waals surface area contributed by atoms with Crippen LogP contribution in [0, 0.1) is 0 Å². The highest BCUT2D eigenvalue weighted by atomic mass is 16.7. The summed E-state index contributed by atoms with van der Waals surface area (Å²) < 4.78 is 10.7. The summed E-state index contributed by atoms with van der Waals surface area (Å²) >= 11 is 0. The Bertz CT molecular complexity index is 915. The van der Waals surface area contributed by atoms with Gasteiger partial charge in [-0.15, -0.1) is 0 Å². The molecule has 2 heterocycles. The smallest absolute Gasteiger partial charge is 0.254 e. The predicted octanol–water partition coefficient (Wildman–Crippen LogP) is 2.77. The average molecular weight is 395 g/mol. The maximum Gasteiger partial charge on any atom is 0.254 e. The van der Waals surface area contributed by atoms with Gasteiger partial charge in [0.2, 0.25) is 12.7 Å². The molecular formula is C22H25N3O4. The molecule has 0 bridgehead atoms. The lowest BCUT2D eigenvalue weighted by Gasteiger charge is -2.24. The fourth-order valence-electron chi connectivity index (χ4n) is 3.73. The van der Waals surface area contributed by atoms with Gasteiger partial charge in [-0.2, -0.15) is 0 Å². The van der Waals surface area contributed by atoms with Crippen molar-refractivity contribution in [2.24, 2.45) is 0 Å². The third-order valence-electron chi connectivity index (χ3n) is 5.21. The minimum atomic E-state index is -0.481. The van der Waals surface area contributed by atoms with Crippen molar-refractivity contribution in [3.63, 3.8) is 0 Å². The van der Waals surface area contributed by atoms with Crippen molar-refractivity contribution in [2.45, 2.75) is 32.4 Å². The number of anilines is 1. The van der Waals surface area contributed by atoms with Gasteiger partial charge >= 0.3 is 0 Å². The molecule has 0 radical (unpaired) electrons. The van der Waals surface area contributed by atoms with Gasteiger partial charge in [-0.3, -0.25) is 9.59 Å². The minimum absolute atomic E-state index is 0.155. The highest BCUT2D eigenvalue weighted by molar-refractivity contribution is 6.01. The molecule has 0 aliphatic carbocycles. The summed E-state index contributed by atoms with van der Waals surface area (Å²) in [5, 5.41) is 6.25. The van der Waals surface area contributed by atoms with E-state index in [0.717, 1.165) is 30.8 Å². The molecule has 2 amide bonds. The van der Waals surface area contributed by atoms with E-state index in [9.17, 15) is 9.59 Å². The first-order valence-electron chi connectivity index (χ1n) is 9.97. The number of ether oxygens (including phenoxy) is 2. The van der Waals surface area contributed by atoms with E-state index in [2.05, 4.69) is 17.6 Å². The van der Waals surface area contributed by atoms with E-state index in [1.54, 1.807) is 23.1 Å². The van der Waals surface area contributed by atoms with Crippen LogP contribution in [0.1, 0.15) is 35.7 Å². The summed E-state index contributed by atoms with van der Waals surface area (Å²) in [5.74, 6) is 0.877. The Hall–Kier alpha value is -3.06. The first-order valence-corrected chi connectivity index (χ1v) is 9.97. The quantitative estimate of drug-likeness (QED) is 0.786. The summed E-state index contributed by atoms with van der Waals surface area (Å²) in [6.45, 7) is 4.41. The number of nitrogens with one attached hydrogen (secondary N) is 2. The second-order valence-corrected chi connectivity index (χ2v) is 7.19. The van der Waals surface area contributed by atoms with Gasteiger partial charge in [-0.1, -0.05) is 19.1 Å². The third kappa shape index (κ3) is 4.19. The molecule has 2 aliphatic rings. The molecule has 2 aliphatic heterocycles. The molecule has 2 aromatic rings. The number of nitrogens with zero attached hydrogens (tertiary/aromatic N) is 1. The van der Waals surface area contributed by atoms with Crippen LogP contribution in [0.2, 0.25) is 0 Å². The molecule has 2 aromatic carbocycles. The van der Waals surface area contributed by atoms with Crippen LogP contribution in [0.5, 0.6) is 11.5 Å². The van der Waals surface area contributed by atoms with Crippen LogP contribution in [-0.2, 0) is 11.3 Å². The van der Waals surface area contributed by atoms with E-state index in [0.29, 0.717) is 30.0 Å². The van der Waals surface area contributed by atoms with Crippen LogP contribution < -0.4 is 20.1 Å². The maximum absolute atomic E-state index is 13.0. The molecular weight excluding hydrogens is 370 g/mol. The number of carbonyl (C=O) groups excluding carboxylic acids is 2. The fourth-order valence-corrected chi connectivity index (χ4v) is 3.73. The molecule has 0 aromatic heterocycles. The van der Waals surface area contributed by atoms with Crippen LogP contribution >= 0.6 is 0 Å². The van der Waals surface area contributed by atoms with Gasteiger partial charge in [0.25, 0.3) is 5.91 Å². The largest absolute Gasteiger partial charge is 0.454 e. The molecule has 0 saturated carbocycles. The summed E-state index contributed by atoms with van der Waals surface area (Å²) in [7, 11) is 0. The molecule has 2 N–H and O–H groups in total. The number of hydrogen-bond donors (Lipinski definition) is 2. The Balaban J connectivity index is 1.45. The van der Waals surface area contributed by atoms with Crippen molar-refractivity contribution in [2.75, 3.05) is 25.2 Å². The lowest BCUT2D eigenvalue weighted by molar-refractivity contribution is -0.119. The number of likely N-dealkylation sites (tertiary alicyclic amines) is 1. The van der Waals surface area contributed by atoms with Gasteiger partial charge < -0.3 is 25.0 Å². The first kappa shape index (κ1) is 19.3. The van der Waals surface area contributed by atoms with Crippen molar-refractivity contribution >= 4 is 17.5 Å². The molecule has 1 saturated heterocycles. The summed E-state index contributed by atoms with van der Waals surface area (Å²) in [4.78, 5) is 27.6. The zero-order chi connectivity index (χ0) is 20.2. The minimum Gasteiger partial charge on any atom is -0.454 e. The monoisotopic (exact) mass is 395 g/mol. The van der Waals surface area contributed by atoms with E-state index >= 15 is 0 Å². The molecule has 1 atom stereocenters. The van der Waals surface area contributed by atoms with Gasteiger partial charge in [-0.25, -0.2) is 0 Å². The van der Waals surface area contributed by atoms with Gasteiger partial charge in [0.1, 0.15) is 6.04 Å². The molecule has 4 rings (SSSR count). The van der Waals surface area contributed by atoms with E-state index in [-0.39, 0.29) is 18.6 Å². The van der Waals surface area contributed by atoms with Gasteiger partial charge in [-0.05, 0) is 55.3 Å². The number of fused-ring (bicyclic) bond motifs is 1. The Morgan fingerprint density at radius 3 is 2.86 bits per heavy atom. The van der Waals surface area contributed by atoms with Gasteiger partial charge in [0.05, 0.1) is 0 Å². The topological polar surface area (TPSA) is 79.9 Å². The number of benzene rings is 2. The van der Waals surface area contributed by atoms with Crippen LogP contribution in [0.25, 0.3) is 0 Å². The predicted molar refractivity (Wildman–Crippen MR) is 109 cm³/mol. The lowest BCUT2D eigenvalue weighted by atomic mass is 10.1.